The zero-order valence-electron chi connectivity index (χ0n) is 12.8. The van der Waals surface area contributed by atoms with Crippen LogP contribution in [0.3, 0.4) is 0 Å². The van der Waals surface area contributed by atoms with Crippen molar-refractivity contribution in [3.8, 4) is 5.75 Å². The van der Waals surface area contributed by atoms with Gasteiger partial charge in [0.05, 0.1) is 12.2 Å². The third kappa shape index (κ3) is 5.58. The van der Waals surface area contributed by atoms with Crippen molar-refractivity contribution in [2.24, 2.45) is 5.73 Å². The number of nitrogens with two attached hydrogens (primary N) is 1. The van der Waals surface area contributed by atoms with E-state index in [1.807, 2.05) is 20.8 Å². The number of benzene rings is 1. The van der Waals surface area contributed by atoms with E-state index in [0.717, 1.165) is 25.3 Å². The second-order valence-corrected chi connectivity index (χ2v) is 5.55. The maximum atomic E-state index is 12.9. The zero-order valence-corrected chi connectivity index (χ0v) is 12.8. The van der Waals surface area contributed by atoms with Gasteiger partial charge in [0.25, 0.3) is 0 Å². The van der Waals surface area contributed by atoms with E-state index in [2.05, 4.69) is 0 Å². The van der Waals surface area contributed by atoms with Gasteiger partial charge in [-0.1, -0.05) is 13.8 Å². The van der Waals surface area contributed by atoms with Gasteiger partial charge in [-0.25, -0.2) is 0 Å². The molecule has 0 radical (unpaired) electrons. The fourth-order valence-electron chi connectivity index (χ4n) is 2.12. The third-order valence-corrected chi connectivity index (χ3v) is 3.38. The van der Waals surface area contributed by atoms with Gasteiger partial charge in [-0.3, -0.25) is 0 Å². The topological polar surface area (TPSA) is 35.2 Å². The summed E-state index contributed by atoms with van der Waals surface area (Å²) in [6.07, 6.45) is -2.01. The molecule has 0 bridgehead atoms. The molecule has 1 aromatic carbocycles. The highest BCUT2D eigenvalue weighted by molar-refractivity contribution is 5.40. The van der Waals surface area contributed by atoms with Gasteiger partial charge < -0.3 is 10.5 Å². The zero-order chi connectivity index (χ0) is 16.0. The summed E-state index contributed by atoms with van der Waals surface area (Å²) in [6.45, 7) is 6.27. The van der Waals surface area contributed by atoms with Crippen LogP contribution >= 0.6 is 0 Å². The molecule has 0 spiro atoms. The largest absolute Gasteiger partial charge is 0.493 e. The summed E-state index contributed by atoms with van der Waals surface area (Å²) in [4.78, 5) is 0. The van der Waals surface area contributed by atoms with Crippen LogP contribution in [0, 0.1) is 0 Å². The van der Waals surface area contributed by atoms with Gasteiger partial charge in [0.2, 0.25) is 0 Å². The molecular formula is C16H24F3NO. The Morgan fingerprint density at radius 1 is 1.19 bits per heavy atom. The van der Waals surface area contributed by atoms with E-state index >= 15 is 0 Å². The number of halogens is 3. The van der Waals surface area contributed by atoms with Crippen molar-refractivity contribution in [1.82, 2.24) is 0 Å². The molecule has 120 valence electrons. The normalized spacial score (nSPS) is 14.8. The van der Waals surface area contributed by atoms with E-state index in [9.17, 15) is 13.2 Å². The lowest BCUT2D eigenvalue weighted by atomic mass is 9.92. The fraction of sp³-hybridized carbons (Fsp3) is 0.625. The van der Waals surface area contributed by atoms with Crippen molar-refractivity contribution >= 4 is 0 Å². The van der Waals surface area contributed by atoms with E-state index in [0.29, 0.717) is 17.9 Å². The van der Waals surface area contributed by atoms with E-state index in [1.54, 1.807) is 0 Å². The van der Waals surface area contributed by atoms with E-state index in [1.165, 1.54) is 12.1 Å². The van der Waals surface area contributed by atoms with Crippen LogP contribution in [-0.4, -0.2) is 12.6 Å². The molecule has 0 aromatic heterocycles. The maximum Gasteiger partial charge on any atom is 0.416 e. The molecule has 2 N–H and O–H groups in total. The average Bonchev–Trinajstić information content (AvgIpc) is 2.41. The Bertz CT molecular complexity index is 444. The molecule has 0 aliphatic carbocycles. The fourth-order valence-corrected chi connectivity index (χ4v) is 2.12. The van der Waals surface area contributed by atoms with Crippen LogP contribution in [0.25, 0.3) is 0 Å². The molecule has 0 aliphatic heterocycles. The number of rotatable bonds is 7. The van der Waals surface area contributed by atoms with Gasteiger partial charge in [-0.2, -0.15) is 13.2 Å². The number of ether oxygens (including phenoxy) is 1. The first-order valence-electron chi connectivity index (χ1n) is 7.35. The summed E-state index contributed by atoms with van der Waals surface area (Å²) in [5, 5.41) is 0. The first kappa shape index (κ1) is 17.8. The Morgan fingerprint density at radius 2 is 1.86 bits per heavy atom. The molecule has 0 fully saturated rings. The minimum atomic E-state index is -4.33. The van der Waals surface area contributed by atoms with E-state index in [4.69, 9.17) is 10.5 Å². The molecular weight excluding hydrogens is 279 g/mol. The Kier molecular flexibility index (Phi) is 6.52. The lowest BCUT2D eigenvalue weighted by Crippen LogP contribution is -2.16. The maximum absolute atomic E-state index is 12.9. The Balaban J connectivity index is 3.03. The van der Waals surface area contributed by atoms with Crippen molar-refractivity contribution in [3.63, 3.8) is 0 Å². The molecule has 2 unspecified atom stereocenters. The quantitative estimate of drug-likeness (QED) is 0.790. The smallest absolute Gasteiger partial charge is 0.416 e. The average molecular weight is 303 g/mol. The van der Waals surface area contributed by atoms with Crippen LogP contribution < -0.4 is 10.5 Å². The van der Waals surface area contributed by atoms with Crippen LogP contribution in [0.4, 0.5) is 13.2 Å². The summed E-state index contributed by atoms with van der Waals surface area (Å²) in [7, 11) is 0. The lowest BCUT2D eigenvalue weighted by Gasteiger charge is -2.19. The second kappa shape index (κ2) is 7.69. The first-order valence-corrected chi connectivity index (χ1v) is 7.35. The molecule has 0 amide bonds. The molecule has 0 heterocycles. The number of hydrogen-bond acceptors (Lipinski definition) is 2. The van der Waals surface area contributed by atoms with Gasteiger partial charge >= 0.3 is 6.18 Å². The van der Waals surface area contributed by atoms with Gasteiger partial charge in [0.1, 0.15) is 5.75 Å². The summed E-state index contributed by atoms with van der Waals surface area (Å²) >= 11 is 0. The van der Waals surface area contributed by atoms with Gasteiger partial charge in [0, 0.05) is 6.04 Å². The molecule has 2 nitrogen and oxygen atoms in total. The summed E-state index contributed by atoms with van der Waals surface area (Å²) in [5.74, 6) is 0.521. The van der Waals surface area contributed by atoms with Crippen molar-refractivity contribution in [3.05, 3.63) is 29.3 Å². The van der Waals surface area contributed by atoms with Gasteiger partial charge in [0.15, 0.2) is 0 Å². The third-order valence-electron chi connectivity index (χ3n) is 3.38. The Hall–Kier alpha value is -1.23. The standard InChI is InChI=1S/C16H24F3NO/c1-4-9-21-15-8-7-13(16(17,18)19)10-14(15)11(2)5-6-12(3)20/h7-8,10-12H,4-6,9,20H2,1-3H3. The second-order valence-electron chi connectivity index (χ2n) is 5.55. The predicted molar refractivity (Wildman–Crippen MR) is 78.5 cm³/mol. The molecule has 0 saturated heterocycles. The van der Waals surface area contributed by atoms with Crippen LogP contribution in [-0.2, 0) is 6.18 Å². The van der Waals surface area contributed by atoms with Crippen molar-refractivity contribution < 1.29 is 17.9 Å². The molecule has 5 heteroatoms. The highest BCUT2D eigenvalue weighted by Gasteiger charge is 2.31. The highest BCUT2D eigenvalue weighted by Crippen LogP contribution is 2.36. The summed E-state index contributed by atoms with van der Waals surface area (Å²) < 4.78 is 44.2. The van der Waals surface area contributed by atoms with Crippen LogP contribution in [0.2, 0.25) is 0 Å². The van der Waals surface area contributed by atoms with Crippen molar-refractivity contribution in [1.29, 1.82) is 0 Å². The molecule has 1 rings (SSSR count). The van der Waals surface area contributed by atoms with E-state index in [-0.39, 0.29) is 12.0 Å². The van der Waals surface area contributed by atoms with Gasteiger partial charge in [-0.05, 0) is 55.9 Å². The number of alkyl halides is 3. The van der Waals surface area contributed by atoms with Crippen LogP contribution in [0.15, 0.2) is 18.2 Å². The molecule has 0 saturated carbocycles. The van der Waals surface area contributed by atoms with Crippen LogP contribution in [0.1, 0.15) is 57.1 Å². The molecule has 21 heavy (non-hydrogen) atoms. The van der Waals surface area contributed by atoms with E-state index < -0.39 is 11.7 Å². The molecule has 2 atom stereocenters. The molecule has 0 aliphatic rings. The SMILES string of the molecule is CCCOc1ccc(C(F)(F)F)cc1C(C)CCC(C)N. The number of hydrogen-bond donors (Lipinski definition) is 1. The summed E-state index contributed by atoms with van der Waals surface area (Å²) in [5.41, 5.74) is 5.70. The summed E-state index contributed by atoms with van der Waals surface area (Å²) in [6, 6.07) is 3.75. The predicted octanol–water partition coefficient (Wildman–Crippen LogP) is 4.73. The Labute approximate surface area is 124 Å². The van der Waals surface area contributed by atoms with Crippen molar-refractivity contribution in [2.75, 3.05) is 6.61 Å². The van der Waals surface area contributed by atoms with Crippen LogP contribution in [0.5, 0.6) is 5.75 Å². The highest BCUT2D eigenvalue weighted by atomic mass is 19.4. The monoisotopic (exact) mass is 303 g/mol. The molecule has 1 aromatic rings. The Morgan fingerprint density at radius 3 is 2.38 bits per heavy atom. The minimum Gasteiger partial charge on any atom is -0.493 e. The minimum absolute atomic E-state index is 0.0230. The van der Waals surface area contributed by atoms with Crippen molar-refractivity contribution in [2.45, 2.75) is 58.2 Å². The lowest BCUT2D eigenvalue weighted by molar-refractivity contribution is -0.137. The first-order chi connectivity index (χ1) is 9.75. The van der Waals surface area contributed by atoms with Gasteiger partial charge in [-0.15, -0.1) is 0 Å².